The van der Waals surface area contributed by atoms with E-state index in [1.54, 1.807) is 18.6 Å². The van der Waals surface area contributed by atoms with Crippen LogP contribution in [0, 0.1) is 13.8 Å². The molecule has 4 aromatic rings. The summed E-state index contributed by atoms with van der Waals surface area (Å²) < 4.78 is 7.30. The van der Waals surface area contributed by atoms with Gasteiger partial charge in [-0.2, -0.15) is 0 Å². The van der Waals surface area contributed by atoms with Crippen LogP contribution in [-0.4, -0.2) is 19.7 Å². The Morgan fingerprint density at radius 1 is 1.08 bits per heavy atom. The maximum absolute atomic E-state index is 6.11. The molecule has 0 amide bonds. The molecule has 0 bridgehead atoms. The molecule has 0 atom stereocenters. The van der Waals surface area contributed by atoms with Crippen LogP contribution in [0.5, 0.6) is 0 Å². The lowest BCUT2D eigenvalue weighted by Gasteiger charge is -2.07. The third-order valence-electron chi connectivity index (χ3n) is 4.14. The van der Waals surface area contributed by atoms with E-state index in [9.17, 15) is 0 Å². The van der Waals surface area contributed by atoms with E-state index in [1.807, 2.05) is 30.5 Å². The lowest BCUT2D eigenvalue weighted by Crippen LogP contribution is -1.98. The van der Waals surface area contributed by atoms with Crippen molar-refractivity contribution in [3.05, 3.63) is 63.9 Å². The van der Waals surface area contributed by atoms with Gasteiger partial charge in [0.15, 0.2) is 5.65 Å². The minimum atomic E-state index is 0.540. The highest BCUT2D eigenvalue weighted by atomic mass is 35.5. The average Bonchev–Trinajstić information content (AvgIpc) is 3.14. The molecule has 0 N–H and O–H groups in total. The minimum absolute atomic E-state index is 0.540. The van der Waals surface area contributed by atoms with Crippen LogP contribution in [0.4, 0.5) is 0 Å². The Morgan fingerprint density at radius 2 is 1.92 bits per heavy atom. The van der Waals surface area contributed by atoms with Crippen LogP contribution in [0.25, 0.3) is 22.3 Å². The Labute approximate surface area is 154 Å². The van der Waals surface area contributed by atoms with Gasteiger partial charge in [-0.3, -0.25) is 0 Å². The van der Waals surface area contributed by atoms with Gasteiger partial charge in [0.1, 0.15) is 5.76 Å². The number of nitrogens with zero attached hydrogens (tertiary/aromatic N) is 4. The van der Waals surface area contributed by atoms with E-state index < -0.39 is 0 Å². The minimum Gasteiger partial charge on any atom is -0.361 e. The Balaban J connectivity index is 1.77. The highest BCUT2D eigenvalue weighted by molar-refractivity contribution is 6.42. The van der Waals surface area contributed by atoms with E-state index in [1.165, 1.54) is 0 Å². The number of pyridine rings is 1. The molecule has 5 nitrogen and oxygen atoms in total. The molecule has 0 aliphatic heterocycles. The lowest BCUT2D eigenvalue weighted by molar-refractivity contribution is 0.393. The monoisotopic (exact) mass is 372 g/mol. The summed E-state index contributed by atoms with van der Waals surface area (Å²) in [5.74, 6) is 0.772. The molecule has 0 radical (unpaired) electrons. The van der Waals surface area contributed by atoms with E-state index in [-0.39, 0.29) is 0 Å². The second kappa shape index (κ2) is 6.17. The summed E-state index contributed by atoms with van der Waals surface area (Å²) in [5.41, 5.74) is 5.43. The summed E-state index contributed by atoms with van der Waals surface area (Å²) in [7, 11) is 0. The molecule has 0 fully saturated rings. The number of halogens is 2. The summed E-state index contributed by atoms with van der Waals surface area (Å²) in [4.78, 5) is 8.84. The van der Waals surface area contributed by atoms with Crippen LogP contribution in [0.2, 0.25) is 10.0 Å². The lowest BCUT2D eigenvalue weighted by atomic mass is 10.1. The maximum Gasteiger partial charge on any atom is 0.177 e. The first-order valence-corrected chi connectivity index (χ1v) is 8.46. The van der Waals surface area contributed by atoms with E-state index >= 15 is 0 Å². The maximum atomic E-state index is 6.11. The molecule has 0 unspecified atom stereocenters. The molecule has 3 aromatic heterocycles. The second-order valence-electron chi connectivity index (χ2n) is 5.89. The van der Waals surface area contributed by atoms with Gasteiger partial charge in [0, 0.05) is 23.9 Å². The highest BCUT2D eigenvalue weighted by Crippen LogP contribution is 2.29. The molecule has 25 heavy (non-hydrogen) atoms. The molecule has 1 aromatic carbocycles. The molecule has 7 heteroatoms. The van der Waals surface area contributed by atoms with Crippen molar-refractivity contribution in [1.29, 1.82) is 0 Å². The van der Waals surface area contributed by atoms with Gasteiger partial charge in [0.2, 0.25) is 0 Å². The third kappa shape index (κ3) is 2.90. The molecular weight excluding hydrogens is 359 g/mol. The number of imidazole rings is 1. The average molecular weight is 373 g/mol. The Kier molecular flexibility index (Phi) is 3.98. The van der Waals surface area contributed by atoms with Crippen molar-refractivity contribution < 1.29 is 4.52 Å². The van der Waals surface area contributed by atoms with Crippen LogP contribution in [0.1, 0.15) is 17.0 Å². The number of hydrogen-bond donors (Lipinski definition) is 0. The topological polar surface area (TPSA) is 56.7 Å². The van der Waals surface area contributed by atoms with Gasteiger partial charge in [-0.25, -0.2) is 9.97 Å². The number of aromatic nitrogens is 4. The Morgan fingerprint density at radius 3 is 2.64 bits per heavy atom. The van der Waals surface area contributed by atoms with E-state index in [0.717, 1.165) is 33.7 Å². The first kappa shape index (κ1) is 16.1. The van der Waals surface area contributed by atoms with Gasteiger partial charge in [-0.1, -0.05) is 34.4 Å². The van der Waals surface area contributed by atoms with Crippen LogP contribution in [0.15, 0.2) is 41.3 Å². The quantitative estimate of drug-likeness (QED) is 0.504. The molecule has 0 spiro atoms. The van der Waals surface area contributed by atoms with Crippen LogP contribution >= 0.6 is 23.2 Å². The third-order valence-corrected chi connectivity index (χ3v) is 4.87. The fraction of sp³-hybridized carbons (Fsp3) is 0.167. The fourth-order valence-electron chi connectivity index (χ4n) is 2.94. The summed E-state index contributed by atoms with van der Waals surface area (Å²) >= 11 is 12.1. The Hall–Kier alpha value is -2.37. The number of rotatable bonds is 3. The van der Waals surface area contributed by atoms with Crippen molar-refractivity contribution in [3.8, 4) is 11.1 Å². The van der Waals surface area contributed by atoms with Gasteiger partial charge in [-0.05, 0) is 37.6 Å². The van der Waals surface area contributed by atoms with E-state index in [0.29, 0.717) is 22.2 Å². The number of benzene rings is 1. The van der Waals surface area contributed by atoms with Crippen LogP contribution in [-0.2, 0) is 6.54 Å². The van der Waals surface area contributed by atoms with Gasteiger partial charge < -0.3 is 9.09 Å². The number of fused-ring (bicyclic) bond motifs is 1. The molecule has 0 saturated carbocycles. The summed E-state index contributed by atoms with van der Waals surface area (Å²) in [5, 5.41) is 5.10. The number of hydrogen-bond acceptors (Lipinski definition) is 4. The largest absolute Gasteiger partial charge is 0.361 e. The molecule has 126 valence electrons. The van der Waals surface area contributed by atoms with Crippen LogP contribution in [0.3, 0.4) is 0 Å². The molecule has 0 saturated heterocycles. The van der Waals surface area contributed by atoms with E-state index in [4.69, 9.17) is 27.7 Å². The standard InChI is InChI=1S/C18H14Cl2N4O/c1-10-17(11(2)25-23-10)13-6-16-18(21-7-13)22-9-24(16)8-12-3-4-14(19)15(20)5-12/h3-7,9H,8H2,1-2H3. The summed E-state index contributed by atoms with van der Waals surface area (Å²) in [6.45, 7) is 4.44. The number of aryl methyl sites for hydroxylation is 2. The zero-order chi connectivity index (χ0) is 17.6. The first-order valence-electron chi connectivity index (χ1n) is 7.71. The molecule has 4 rings (SSSR count). The summed E-state index contributed by atoms with van der Waals surface area (Å²) in [6, 6.07) is 7.66. The zero-order valence-electron chi connectivity index (χ0n) is 13.6. The zero-order valence-corrected chi connectivity index (χ0v) is 15.1. The van der Waals surface area contributed by atoms with E-state index in [2.05, 4.69) is 21.2 Å². The predicted molar refractivity (Wildman–Crippen MR) is 98.1 cm³/mol. The first-order chi connectivity index (χ1) is 12.0. The van der Waals surface area contributed by atoms with Gasteiger partial charge in [0.05, 0.1) is 27.6 Å². The fourth-order valence-corrected chi connectivity index (χ4v) is 3.26. The molecule has 0 aliphatic rings. The summed E-state index contributed by atoms with van der Waals surface area (Å²) in [6.07, 6.45) is 3.57. The highest BCUT2D eigenvalue weighted by Gasteiger charge is 2.14. The second-order valence-corrected chi connectivity index (χ2v) is 6.70. The molecule has 3 heterocycles. The van der Waals surface area contributed by atoms with Crippen molar-refractivity contribution >= 4 is 34.4 Å². The molecule has 0 aliphatic carbocycles. The van der Waals surface area contributed by atoms with Crippen LogP contribution < -0.4 is 0 Å². The van der Waals surface area contributed by atoms with Crippen molar-refractivity contribution in [2.75, 3.05) is 0 Å². The predicted octanol–water partition coefficient (Wildman–Crippen LogP) is 5.06. The normalized spacial score (nSPS) is 11.4. The van der Waals surface area contributed by atoms with Gasteiger partial charge >= 0.3 is 0 Å². The Bertz CT molecular complexity index is 1060. The smallest absolute Gasteiger partial charge is 0.177 e. The SMILES string of the molecule is Cc1noc(C)c1-c1cnc2ncn(Cc3ccc(Cl)c(Cl)c3)c2c1. The van der Waals surface area contributed by atoms with Gasteiger partial charge in [0.25, 0.3) is 0 Å². The van der Waals surface area contributed by atoms with Crippen molar-refractivity contribution in [2.45, 2.75) is 20.4 Å². The van der Waals surface area contributed by atoms with Crippen molar-refractivity contribution in [3.63, 3.8) is 0 Å². The molecular formula is C18H14Cl2N4O. The van der Waals surface area contributed by atoms with Crippen molar-refractivity contribution in [1.82, 2.24) is 19.7 Å². The van der Waals surface area contributed by atoms with Crippen molar-refractivity contribution in [2.24, 2.45) is 0 Å². The van der Waals surface area contributed by atoms with Gasteiger partial charge in [-0.15, -0.1) is 0 Å².